The number of imide groups is 2. The first-order valence-corrected chi connectivity index (χ1v) is 14.7. The normalized spacial score (nSPS) is 13.8. The molecule has 0 radical (unpaired) electrons. The van der Waals surface area contributed by atoms with E-state index >= 15 is 0 Å². The third kappa shape index (κ3) is 7.99. The Morgan fingerprint density at radius 2 is 1.51 bits per heavy atom. The molecule has 11 heteroatoms. The molecular formula is C34H37N3O8. The van der Waals surface area contributed by atoms with Crippen molar-refractivity contribution in [3.8, 4) is 23.0 Å². The number of aryl methyl sites for hydroxylation is 2. The molecule has 0 aliphatic carbocycles. The second-order valence-electron chi connectivity index (χ2n) is 10.2. The van der Waals surface area contributed by atoms with Crippen LogP contribution < -0.4 is 34.5 Å². The van der Waals surface area contributed by atoms with E-state index in [4.69, 9.17) is 18.9 Å². The van der Waals surface area contributed by atoms with Gasteiger partial charge in [-0.3, -0.25) is 19.7 Å². The SMILES string of the molecule is CCCOc1ccc(N2C(=O)NC(=O)/C(=C\c3ccc(OCC(=O)Nc4cc(C)ccc4C)c(OCC)c3)C2=O)cc1OCC. The lowest BCUT2D eigenvalue weighted by Gasteiger charge is -2.27. The molecule has 0 bridgehead atoms. The molecule has 0 unspecified atom stereocenters. The number of benzene rings is 3. The van der Waals surface area contributed by atoms with Crippen molar-refractivity contribution >= 4 is 41.2 Å². The van der Waals surface area contributed by atoms with E-state index in [1.54, 1.807) is 37.3 Å². The Kier molecular flexibility index (Phi) is 10.8. The van der Waals surface area contributed by atoms with Gasteiger partial charge in [0.1, 0.15) is 5.57 Å². The van der Waals surface area contributed by atoms with Crippen molar-refractivity contribution in [3.05, 3.63) is 76.9 Å². The zero-order valence-electron chi connectivity index (χ0n) is 26.0. The zero-order valence-corrected chi connectivity index (χ0v) is 26.0. The molecule has 1 aliphatic heterocycles. The topological polar surface area (TPSA) is 132 Å². The predicted octanol–water partition coefficient (Wildman–Crippen LogP) is 5.57. The molecule has 45 heavy (non-hydrogen) atoms. The maximum absolute atomic E-state index is 13.5. The average molecular weight is 616 g/mol. The van der Waals surface area contributed by atoms with E-state index in [-0.39, 0.29) is 23.8 Å². The largest absolute Gasteiger partial charge is 0.490 e. The van der Waals surface area contributed by atoms with E-state index in [1.807, 2.05) is 45.9 Å². The minimum absolute atomic E-state index is 0.209. The molecule has 0 aromatic heterocycles. The summed E-state index contributed by atoms with van der Waals surface area (Å²) in [4.78, 5) is 52.6. The molecule has 3 aromatic rings. The summed E-state index contributed by atoms with van der Waals surface area (Å²) in [6.07, 6.45) is 2.15. The number of hydrogen-bond acceptors (Lipinski definition) is 8. The standard InChI is InChI=1S/C34H37N3O8/c1-6-15-44-27-14-12-24(19-30(27)43-8-3)37-33(40)25(32(39)36-34(37)41)17-23-11-13-28(29(18-23)42-7-2)45-20-31(38)35-26-16-21(4)9-10-22(26)5/h9-14,16-19H,6-8,15,20H2,1-5H3,(H,35,38)(H,36,39,41)/b25-17+. The third-order valence-corrected chi connectivity index (χ3v) is 6.65. The summed E-state index contributed by atoms with van der Waals surface area (Å²) >= 11 is 0. The van der Waals surface area contributed by atoms with Crippen molar-refractivity contribution < 1.29 is 38.1 Å². The fraction of sp³-hybridized carbons (Fsp3) is 0.294. The van der Waals surface area contributed by atoms with Gasteiger partial charge in [-0.1, -0.05) is 25.1 Å². The number of carbonyl (C=O) groups excluding carboxylic acids is 4. The lowest BCUT2D eigenvalue weighted by atomic mass is 10.1. The van der Waals surface area contributed by atoms with Gasteiger partial charge >= 0.3 is 6.03 Å². The molecular weight excluding hydrogens is 578 g/mol. The van der Waals surface area contributed by atoms with E-state index in [2.05, 4.69) is 10.6 Å². The molecule has 0 atom stereocenters. The van der Waals surface area contributed by atoms with Crippen LogP contribution in [0.4, 0.5) is 16.2 Å². The first-order chi connectivity index (χ1) is 21.6. The summed E-state index contributed by atoms with van der Waals surface area (Å²) in [6, 6.07) is 14.4. The Hall–Kier alpha value is -5.32. The van der Waals surface area contributed by atoms with Gasteiger partial charge in [0.15, 0.2) is 29.6 Å². The number of nitrogens with one attached hydrogen (secondary N) is 2. The molecule has 0 spiro atoms. The highest BCUT2D eigenvalue weighted by Gasteiger charge is 2.37. The van der Waals surface area contributed by atoms with Gasteiger partial charge in [-0.25, -0.2) is 9.69 Å². The first kappa shape index (κ1) is 32.6. The van der Waals surface area contributed by atoms with Crippen LogP contribution in [-0.4, -0.2) is 50.2 Å². The molecule has 2 N–H and O–H groups in total. The number of hydrogen-bond donors (Lipinski definition) is 2. The molecule has 0 saturated carbocycles. The van der Waals surface area contributed by atoms with Crippen molar-refractivity contribution in [2.24, 2.45) is 0 Å². The zero-order chi connectivity index (χ0) is 32.5. The van der Waals surface area contributed by atoms with Gasteiger partial charge in [0, 0.05) is 11.8 Å². The molecule has 3 aromatic carbocycles. The molecule has 1 fully saturated rings. The molecule has 11 nitrogen and oxygen atoms in total. The maximum atomic E-state index is 13.5. The van der Waals surface area contributed by atoms with Crippen LogP contribution in [0.15, 0.2) is 60.2 Å². The van der Waals surface area contributed by atoms with Crippen molar-refractivity contribution in [2.45, 2.75) is 41.0 Å². The summed E-state index contributed by atoms with van der Waals surface area (Å²) in [5.41, 5.74) is 3.03. The smallest absolute Gasteiger partial charge is 0.335 e. The van der Waals surface area contributed by atoms with Crippen molar-refractivity contribution in [1.82, 2.24) is 5.32 Å². The number of carbonyl (C=O) groups is 4. The molecule has 1 aliphatic rings. The second kappa shape index (κ2) is 14.9. The van der Waals surface area contributed by atoms with Crippen LogP contribution in [-0.2, 0) is 14.4 Å². The highest BCUT2D eigenvalue weighted by atomic mass is 16.5. The number of rotatable bonds is 13. The van der Waals surface area contributed by atoms with Crippen LogP contribution in [0.3, 0.4) is 0 Å². The van der Waals surface area contributed by atoms with Crippen LogP contribution >= 0.6 is 0 Å². The Morgan fingerprint density at radius 1 is 0.822 bits per heavy atom. The number of nitrogens with zero attached hydrogens (tertiary/aromatic N) is 1. The van der Waals surface area contributed by atoms with E-state index in [0.717, 1.165) is 22.4 Å². The molecule has 4 rings (SSSR count). The number of urea groups is 1. The average Bonchev–Trinajstić information content (AvgIpc) is 3.00. The number of ether oxygens (including phenoxy) is 4. The lowest BCUT2D eigenvalue weighted by molar-refractivity contribution is -0.122. The van der Waals surface area contributed by atoms with Gasteiger partial charge in [0.05, 0.1) is 25.5 Å². The molecule has 236 valence electrons. The van der Waals surface area contributed by atoms with Gasteiger partial charge in [-0.05, 0) is 87.2 Å². The van der Waals surface area contributed by atoms with Crippen molar-refractivity contribution in [1.29, 1.82) is 0 Å². The van der Waals surface area contributed by atoms with Crippen molar-refractivity contribution in [2.75, 3.05) is 36.6 Å². The number of amides is 5. The number of barbiturate groups is 1. The fourth-order valence-electron chi connectivity index (χ4n) is 4.50. The summed E-state index contributed by atoms with van der Waals surface area (Å²) < 4.78 is 22.9. The van der Waals surface area contributed by atoms with Crippen LogP contribution in [0, 0.1) is 13.8 Å². The lowest BCUT2D eigenvalue weighted by Crippen LogP contribution is -2.54. The Morgan fingerprint density at radius 3 is 2.22 bits per heavy atom. The van der Waals surface area contributed by atoms with Gasteiger partial charge < -0.3 is 24.3 Å². The first-order valence-electron chi connectivity index (χ1n) is 14.7. The maximum Gasteiger partial charge on any atom is 0.335 e. The Labute approximate surface area is 262 Å². The Bertz CT molecular complexity index is 1630. The van der Waals surface area contributed by atoms with Gasteiger partial charge in [-0.15, -0.1) is 0 Å². The van der Waals surface area contributed by atoms with Crippen molar-refractivity contribution in [3.63, 3.8) is 0 Å². The van der Waals surface area contributed by atoms with Gasteiger partial charge in [-0.2, -0.15) is 0 Å². The van der Waals surface area contributed by atoms with Gasteiger partial charge in [0.25, 0.3) is 17.7 Å². The van der Waals surface area contributed by atoms with Crippen LogP contribution in [0.5, 0.6) is 23.0 Å². The van der Waals surface area contributed by atoms with E-state index in [0.29, 0.717) is 54.1 Å². The number of anilines is 2. The minimum Gasteiger partial charge on any atom is -0.490 e. The predicted molar refractivity (Wildman–Crippen MR) is 170 cm³/mol. The van der Waals surface area contributed by atoms with E-state index in [1.165, 1.54) is 12.1 Å². The van der Waals surface area contributed by atoms with E-state index < -0.39 is 17.8 Å². The summed E-state index contributed by atoms with van der Waals surface area (Å²) in [7, 11) is 0. The van der Waals surface area contributed by atoms with Crippen LogP contribution in [0.25, 0.3) is 6.08 Å². The highest BCUT2D eigenvalue weighted by Crippen LogP contribution is 2.34. The second-order valence-corrected chi connectivity index (χ2v) is 10.2. The van der Waals surface area contributed by atoms with Crippen LogP contribution in [0.2, 0.25) is 0 Å². The third-order valence-electron chi connectivity index (χ3n) is 6.65. The summed E-state index contributed by atoms with van der Waals surface area (Å²) in [5.74, 6) is -0.527. The molecule has 1 saturated heterocycles. The highest BCUT2D eigenvalue weighted by molar-refractivity contribution is 6.39. The monoisotopic (exact) mass is 615 g/mol. The Balaban J connectivity index is 1.55. The summed E-state index contributed by atoms with van der Waals surface area (Å²) in [6.45, 7) is 10.3. The molecule has 1 heterocycles. The minimum atomic E-state index is -0.885. The van der Waals surface area contributed by atoms with Crippen LogP contribution in [0.1, 0.15) is 43.9 Å². The summed E-state index contributed by atoms with van der Waals surface area (Å²) in [5, 5.41) is 5.08. The molecule has 5 amide bonds. The fourth-order valence-corrected chi connectivity index (χ4v) is 4.50. The van der Waals surface area contributed by atoms with Gasteiger partial charge in [0.2, 0.25) is 0 Å². The van der Waals surface area contributed by atoms with E-state index in [9.17, 15) is 19.2 Å². The quantitative estimate of drug-likeness (QED) is 0.188.